The Morgan fingerprint density at radius 2 is 1.69 bits per heavy atom. The number of fused-ring (bicyclic) bond motifs is 3. The van der Waals surface area contributed by atoms with E-state index in [1.54, 1.807) is 55.2 Å². The Morgan fingerprint density at radius 1 is 1.00 bits per heavy atom. The lowest BCUT2D eigenvalue weighted by atomic mass is 9.96. The van der Waals surface area contributed by atoms with Gasteiger partial charge in [0.25, 0.3) is 15.9 Å². The number of para-hydroxylation sites is 1. The van der Waals surface area contributed by atoms with Crippen LogP contribution in [-0.2, 0) is 10.0 Å². The largest absolute Gasteiger partial charge is 0.321 e. The van der Waals surface area contributed by atoms with E-state index in [1.807, 2.05) is 37.4 Å². The number of hydrogen-bond acceptors (Lipinski definition) is 4. The summed E-state index contributed by atoms with van der Waals surface area (Å²) in [7, 11) is -2.07. The summed E-state index contributed by atoms with van der Waals surface area (Å²) in [5, 5.41) is 2.97. The number of amides is 1. The minimum absolute atomic E-state index is 0.231. The van der Waals surface area contributed by atoms with Gasteiger partial charge in [-0.15, -0.1) is 11.8 Å². The second kappa shape index (κ2) is 7.24. The zero-order valence-corrected chi connectivity index (χ0v) is 17.9. The number of carbonyl (C=O) groups excluding carboxylic acids is 1. The first-order valence-electron chi connectivity index (χ1n) is 9.02. The number of sulfonamides is 1. The minimum atomic E-state index is -3.62. The van der Waals surface area contributed by atoms with E-state index < -0.39 is 10.0 Å². The van der Waals surface area contributed by atoms with Gasteiger partial charge in [0, 0.05) is 28.6 Å². The van der Waals surface area contributed by atoms with Crippen LogP contribution in [0.4, 0.5) is 11.4 Å². The Kier molecular flexibility index (Phi) is 4.88. The number of hydrogen-bond donors (Lipinski definition) is 1. The first-order chi connectivity index (χ1) is 13.8. The Balaban J connectivity index is 1.83. The highest BCUT2D eigenvalue weighted by molar-refractivity contribution is 7.98. The van der Waals surface area contributed by atoms with Crippen LogP contribution < -0.4 is 9.62 Å². The fraction of sp³-hybridized carbons (Fsp3) is 0.136. The van der Waals surface area contributed by atoms with Crippen molar-refractivity contribution in [2.75, 3.05) is 22.9 Å². The van der Waals surface area contributed by atoms with Gasteiger partial charge in [0.2, 0.25) is 0 Å². The summed E-state index contributed by atoms with van der Waals surface area (Å²) < 4.78 is 27.1. The van der Waals surface area contributed by atoms with Gasteiger partial charge in [0.05, 0.1) is 16.3 Å². The molecule has 0 saturated carbocycles. The van der Waals surface area contributed by atoms with Crippen molar-refractivity contribution in [2.45, 2.75) is 16.7 Å². The number of carbonyl (C=O) groups is 1. The van der Waals surface area contributed by atoms with E-state index in [4.69, 9.17) is 0 Å². The number of anilines is 2. The Labute approximate surface area is 174 Å². The van der Waals surface area contributed by atoms with Crippen molar-refractivity contribution >= 4 is 39.1 Å². The summed E-state index contributed by atoms with van der Waals surface area (Å²) in [6.07, 6.45) is 1.96. The molecule has 1 amide bonds. The minimum Gasteiger partial charge on any atom is -0.321 e. The molecule has 3 aromatic rings. The van der Waals surface area contributed by atoms with Crippen LogP contribution in [0.1, 0.15) is 15.9 Å². The molecule has 0 spiro atoms. The topological polar surface area (TPSA) is 66.5 Å². The predicted molar refractivity (Wildman–Crippen MR) is 118 cm³/mol. The summed E-state index contributed by atoms with van der Waals surface area (Å²) in [5.41, 5.74) is 3.92. The van der Waals surface area contributed by atoms with Gasteiger partial charge in [-0.05, 0) is 49.1 Å². The van der Waals surface area contributed by atoms with Gasteiger partial charge in [0.1, 0.15) is 0 Å². The van der Waals surface area contributed by atoms with Crippen molar-refractivity contribution in [3.05, 3.63) is 71.8 Å². The molecule has 1 aliphatic heterocycles. The fourth-order valence-electron chi connectivity index (χ4n) is 3.66. The monoisotopic (exact) mass is 424 g/mol. The molecular weight excluding hydrogens is 404 g/mol. The Bertz CT molecular complexity index is 1240. The average Bonchev–Trinajstić information content (AvgIpc) is 2.72. The van der Waals surface area contributed by atoms with Gasteiger partial charge >= 0.3 is 0 Å². The van der Waals surface area contributed by atoms with Crippen molar-refractivity contribution in [3.8, 4) is 11.1 Å². The Hall–Kier alpha value is -2.77. The molecule has 0 bridgehead atoms. The number of nitrogens with one attached hydrogen (secondary N) is 1. The maximum atomic E-state index is 13.0. The van der Waals surface area contributed by atoms with Crippen LogP contribution in [-0.4, -0.2) is 27.6 Å². The van der Waals surface area contributed by atoms with Crippen molar-refractivity contribution in [1.29, 1.82) is 0 Å². The van der Waals surface area contributed by atoms with Crippen molar-refractivity contribution in [2.24, 2.45) is 0 Å². The van der Waals surface area contributed by atoms with E-state index in [0.29, 0.717) is 16.8 Å². The normalized spacial score (nSPS) is 14.1. The standard InChI is InChI=1S/C22H20N2O3S2/c1-14-12-15(22(25)23-18-9-5-6-10-19(18)28-3)13-17-16-8-4-7-11-20(16)29(26,27)24(2)21(14)17/h4-13H,1-3H3,(H,23,25). The molecule has 0 fully saturated rings. The lowest BCUT2D eigenvalue weighted by Crippen LogP contribution is -2.31. The lowest BCUT2D eigenvalue weighted by molar-refractivity contribution is 0.102. The molecule has 148 valence electrons. The zero-order valence-electron chi connectivity index (χ0n) is 16.3. The highest BCUT2D eigenvalue weighted by atomic mass is 32.2. The Morgan fingerprint density at radius 3 is 2.45 bits per heavy atom. The van der Waals surface area contributed by atoms with Crippen LogP contribution in [0.25, 0.3) is 11.1 Å². The first-order valence-corrected chi connectivity index (χ1v) is 11.7. The number of benzene rings is 3. The van der Waals surface area contributed by atoms with Gasteiger partial charge < -0.3 is 5.32 Å². The third-order valence-corrected chi connectivity index (χ3v) is 7.66. The highest BCUT2D eigenvalue weighted by Gasteiger charge is 2.33. The van der Waals surface area contributed by atoms with E-state index >= 15 is 0 Å². The molecular formula is C22H20N2O3S2. The molecule has 29 heavy (non-hydrogen) atoms. The summed E-state index contributed by atoms with van der Waals surface area (Å²) in [5.74, 6) is -0.231. The van der Waals surface area contributed by atoms with Crippen LogP contribution >= 0.6 is 11.8 Å². The lowest BCUT2D eigenvalue weighted by Gasteiger charge is -2.31. The van der Waals surface area contributed by atoms with Crippen molar-refractivity contribution < 1.29 is 13.2 Å². The van der Waals surface area contributed by atoms with Crippen LogP contribution in [0.3, 0.4) is 0 Å². The number of aryl methyl sites for hydroxylation is 1. The van der Waals surface area contributed by atoms with Gasteiger partial charge in [-0.25, -0.2) is 8.42 Å². The van der Waals surface area contributed by atoms with Crippen LogP contribution in [0.2, 0.25) is 0 Å². The van der Waals surface area contributed by atoms with Gasteiger partial charge in [0.15, 0.2) is 0 Å². The first kappa shape index (κ1) is 19.5. The molecule has 0 radical (unpaired) electrons. The van der Waals surface area contributed by atoms with Gasteiger partial charge in [-0.1, -0.05) is 30.3 Å². The number of rotatable bonds is 3. The second-order valence-electron chi connectivity index (χ2n) is 6.81. The quantitative estimate of drug-likeness (QED) is 0.615. The number of nitrogens with zero attached hydrogens (tertiary/aromatic N) is 1. The van der Waals surface area contributed by atoms with Crippen LogP contribution in [0, 0.1) is 6.92 Å². The molecule has 5 nitrogen and oxygen atoms in total. The van der Waals surface area contributed by atoms with Crippen molar-refractivity contribution in [1.82, 2.24) is 0 Å². The van der Waals surface area contributed by atoms with Crippen LogP contribution in [0.5, 0.6) is 0 Å². The number of thioether (sulfide) groups is 1. The molecule has 1 heterocycles. The molecule has 0 aromatic heterocycles. The van der Waals surface area contributed by atoms with Gasteiger partial charge in [-0.2, -0.15) is 0 Å². The SMILES string of the molecule is CSc1ccccc1NC(=O)c1cc(C)c2c(c1)-c1ccccc1S(=O)(=O)N2C. The molecule has 7 heteroatoms. The predicted octanol–water partition coefficient (Wildman–Crippen LogP) is 4.77. The third kappa shape index (κ3) is 3.20. The molecule has 4 rings (SSSR count). The van der Waals surface area contributed by atoms with E-state index in [-0.39, 0.29) is 10.8 Å². The summed E-state index contributed by atoms with van der Waals surface area (Å²) in [4.78, 5) is 14.2. The van der Waals surface area contributed by atoms with Gasteiger partial charge in [-0.3, -0.25) is 9.10 Å². The average molecular weight is 425 g/mol. The molecule has 0 aliphatic carbocycles. The fourth-order valence-corrected chi connectivity index (χ4v) is 5.70. The molecule has 0 unspecified atom stereocenters. The molecule has 3 aromatic carbocycles. The second-order valence-corrected chi connectivity index (χ2v) is 9.60. The molecule has 1 N–H and O–H groups in total. The molecule has 1 aliphatic rings. The summed E-state index contributed by atoms with van der Waals surface area (Å²) in [6, 6.07) is 18.0. The molecule has 0 saturated heterocycles. The summed E-state index contributed by atoms with van der Waals surface area (Å²) >= 11 is 1.56. The van der Waals surface area contributed by atoms with Crippen LogP contribution in [0.15, 0.2) is 70.5 Å². The smallest absolute Gasteiger partial charge is 0.264 e. The van der Waals surface area contributed by atoms with E-state index in [2.05, 4.69) is 5.32 Å². The van der Waals surface area contributed by atoms with E-state index in [9.17, 15) is 13.2 Å². The third-order valence-electron chi connectivity index (χ3n) is 5.05. The maximum absolute atomic E-state index is 13.0. The van der Waals surface area contributed by atoms with E-state index in [1.165, 1.54) is 4.31 Å². The summed E-state index contributed by atoms with van der Waals surface area (Å²) in [6.45, 7) is 1.82. The van der Waals surface area contributed by atoms with E-state index in [0.717, 1.165) is 21.7 Å². The molecule has 0 atom stereocenters. The zero-order chi connectivity index (χ0) is 20.8. The van der Waals surface area contributed by atoms with Crippen molar-refractivity contribution in [3.63, 3.8) is 0 Å². The maximum Gasteiger partial charge on any atom is 0.264 e. The highest BCUT2D eigenvalue weighted by Crippen LogP contribution is 2.44.